The van der Waals surface area contributed by atoms with Gasteiger partial charge < -0.3 is 4.57 Å². The molecule has 84 valence electrons. The molecule has 1 aromatic carbocycles. The van der Waals surface area contributed by atoms with Crippen molar-refractivity contribution >= 4 is 0 Å². The lowest BCUT2D eigenvalue weighted by molar-refractivity contribution is 0.621. The van der Waals surface area contributed by atoms with Crippen LogP contribution >= 0.6 is 0 Å². The van der Waals surface area contributed by atoms with Crippen LogP contribution in [0, 0.1) is 17.1 Å². The van der Waals surface area contributed by atoms with E-state index in [0.29, 0.717) is 0 Å². The number of halogens is 1. The second-order valence-electron chi connectivity index (χ2n) is 4.20. The molecule has 0 radical (unpaired) electrons. The van der Waals surface area contributed by atoms with Crippen molar-refractivity contribution in [1.82, 2.24) is 9.55 Å². The predicted octanol–water partition coefficient (Wildman–Crippen LogP) is 2.43. The monoisotopic (exact) mass is 227 g/mol. The van der Waals surface area contributed by atoms with Crippen LogP contribution in [0.1, 0.15) is 29.2 Å². The Kier molecular flexibility index (Phi) is 2.19. The SMILES string of the molecule is N#Cc1cc(C2CCn3cncc32)ccc1F. The van der Waals surface area contributed by atoms with Gasteiger partial charge in [-0.1, -0.05) is 6.07 Å². The predicted molar refractivity (Wildman–Crippen MR) is 59.8 cm³/mol. The van der Waals surface area contributed by atoms with Crippen LogP contribution in [0.2, 0.25) is 0 Å². The zero-order chi connectivity index (χ0) is 11.8. The highest BCUT2D eigenvalue weighted by Gasteiger charge is 2.24. The van der Waals surface area contributed by atoms with E-state index in [-0.39, 0.29) is 11.5 Å². The first-order chi connectivity index (χ1) is 8.29. The summed E-state index contributed by atoms with van der Waals surface area (Å²) in [6.07, 6.45) is 4.63. The van der Waals surface area contributed by atoms with E-state index in [9.17, 15) is 4.39 Å². The van der Waals surface area contributed by atoms with Crippen molar-refractivity contribution in [1.29, 1.82) is 5.26 Å². The van der Waals surface area contributed by atoms with Crippen molar-refractivity contribution in [2.75, 3.05) is 0 Å². The fourth-order valence-electron chi connectivity index (χ4n) is 2.41. The second-order valence-corrected chi connectivity index (χ2v) is 4.20. The van der Waals surface area contributed by atoms with E-state index in [1.807, 2.05) is 18.6 Å². The average molecular weight is 227 g/mol. The van der Waals surface area contributed by atoms with Crippen LogP contribution < -0.4 is 0 Å². The molecule has 3 nitrogen and oxygen atoms in total. The minimum atomic E-state index is -0.456. The Morgan fingerprint density at radius 2 is 2.35 bits per heavy atom. The Balaban J connectivity index is 2.05. The zero-order valence-corrected chi connectivity index (χ0v) is 9.10. The van der Waals surface area contributed by atoms with Crippen LogP contribution in [0.5, 0.6) is 0 Å². The van der Waals surface area contributed by atoms with Crippen molar-refractivity contribution < 1.29 is 4.39 Å². The number of rotatable bonds is 1. The van der Waals surface area contributed by atoms with E-state index >= 15 is 0 Å². The summed E-state index contributed by atoms with van der Waals surface area (Å²) < 4.78 is 15.4. The molecule has 2 heterocycles. The third-order valence-corrected chi connectivity index (χ3v) is 3.27. The standard InChI is InChI=1S/C13H10FN3/c14-12-2-1-9(5-10(12)6-15)11-3-4-17-8-16-7-13(11)17/h1-2,5,7-8,11H,3-4H2. The molecule has 1 aliphatic rings. The minimum absolute atomic E-state index is 0.112. The van der Waals surface area contributed by atoms with E-state index < -0.39 is 5.82 Å². The molecule has 4 heteroatoms. The van der Waals surface area contributed by atoms with Gasteiger partial charge in [0.15, 0.2) is 0 Å². The third kappa shape index (κ3) is 1.51. The van der Waals surface area contributed by atoms with Gasteiger partial charge in [0, 0.05) is 24.4 Å². The first-order valence-corrected chi connectivity index (χ1v) is 5.49. The number of benzene rings is 1. The Bertz CT molecular complexity index is 609. The summed E-state index contributed by atoms with van der Waals surface area (Å²) in [6, 6.07) is 6.64. The van der Waals surface area contributed by atoms with Gasteiger partial charge in [-0.25, -0.2) is 9.37 Å². The summed E-state index contributed by atoms with van der Waals surface area (Å²) in [7, 11) is 0. The molecule has 0 aliphatic carbocycles. The van der Waals surface area contributed by atoms with Crippen molar-refractivity contribution in [3.8, 4) is 6.07 Å². The first-order valence-electron chi connectivity index (χ1n) is 5.49. The smallest absolute Gasteiger partial charge is 0.140 e. The number of aryl methyl sites for hydroxylation is 1. The molecular formula is C13H10FN3. The van der Waals surface area contributed by atoms with Crippen molar-refractivity contribution in [2.45, 2.75) is 18.9 Å². The van der Waals surface area contributed by atoms with E-state index in [4.69, 9.17) is 5.26 Å². The molecule has 17 heavy (non-hydrogen) atoms. The zero-order valence-electron chi connectivity index (χ0n) is 9.10. The number of fused-ring (bicyclic) bond motifs is 1. The maximum atomic E-state index is 13.3. The Hall–Kier alpha value is -2.15. The fourth-order valence-corrected chi connectivity index (χ4v) is 2.41. The maximum Gasteiger partial charge on any atom is 0.140 e. The van der Waals surface area contributed by atoms with Gasteiger partial charge in [-0.2, -0.15) is 5.26 Å². The number of nitriles is 1. The number of hydrogen-bond donors (Lipinski definition) is 0. The van der Waals surface area contributed by atoms with Crippen LogP contribution in [-0.4, -0.2) is 9.55 Å². The highest BCUT2D eigenvalue weighted by Crippen LogP contribution is 2.34. The highest BCUT2D eigenvalue weighted by molar-refractivity contribution is 5.39. The molecule has 1 unspecified atom stereocenters. The molecule has 1 aromatic heterocycles. The molecule has 2 aromatic rings. The molecule has 0 spiro atoms. The summed E-state index contributed by atoms with van der Waals surface area (Å²) in [5, 5.41) is 8.83. The summed E-state index contributed by atoms with van der Waals surface area (Å²) in [4.78, 5) is 4.10. The third-order valence-electron chi connectivity index (χ3n) is 3.27. The molecule has 1 atom stereocenters. The molecule has 0 bridgehead atoms. The van der Waals surface area contributed by atoms with Crippen molar-refractivity contribution in [3.63, 3.8) is 0 Å². The summed E-state index contributed by atoms with van der Waals surface area (Å²) in [5.74, 6) is -0.229. The minimum Gasteiger partial charge on any atom is -0.334 e. The molecule has 0 fully saturated rings. The quantitative estimate of drug-likeness (QED) is 0.750. The highest BCUT2D eigenvalue weighted by atomic mass is 19.1. The lowest BCUT2D eigenvalue weighted by atomic mass is 9.94. The summed E-state index contributed by atoms with van der Waals surface area (Å²) >= 11 is 0. The first kappa shape index (κ1) is 10.0. The Labute approximate surface area is 98.1 Å². The largest absolute Gasteiger partial charge is 0.334 e. The molecule has 0 saturated carbocycles. The van der Waals surface area contributed by atoms with Crippen LogP contribution in [0.3, 0.4) is 0 Å². The lowest BCUT2D eigenvalue weighted by Gasteiger charge is -2.09. The number of hydrogen-bond acceptors (Lipinski definition) is 2. The van der Waals surface area contributed by atoms with Gasteiger partial charge in [-0.3, -0.25) is 0 Å². The van der Waals surface area contributed by atoms with Gasteiger partial charge in [-0.15, -0.1) is 0 Å². The molecular weight excluding hydrogens is 217 g/mol. The van der Waals surface area contributed by atoms with E-state index in [2.05, 4.69) is 9.55 Å². The van der Waals surface area contributed by atoms with Crippen molar-refractivity contribution in [2.24, 2.45) is 0 Å². The van der Waals surface area contributed by atoms with E-state index in [1.54, 1.807) is 12.1 Å². The molecule has 1 aliphatic heterocycles. The number of nitrogens with zero attached hydrogens (tertiary/aromatic N) is 3. The second kappa shape index (κ2) is 3.70. The molecule has 0 amide bonds. The van der Waals surface area contributed by atoms with Crippen LogP contribution in [0.4, 0.5) is 4.39 Å². The fraction of sp³-hybridized carbons (Fsp3) is 0.231. The molecule has 0 N–H and O–H groups in total. The van der Waals surface area contributed by atoms with E-state index in [1.165, 1.54) is 6.07 Å². The van der Waals surface area contributed by atoms with E-state index in [0.717, 1.165) is 24.2 Å². The number of aromatic nitrogens is 2. The summed E-state index contributed by atoms with van der Waals surface area (Å²) in [6.45, 7) is 0.930. The Morgan fingerprint density at radius 1 is 1.47 bits per heavy atom. The lowest BCUT2D eigenvalue weighted by Crippen LogP contribution is -1.98. The van der Waals surface area contributed by atoms with Gasteiger partial charge in [0.05, 0.1) is 11.9 Å². The summed E-state index contributed by atoms with van der Waals surface area (Å²) in [5.41, 5.74) is 2.24. The average Bonchev–Trinajstić information content (AvgIpc) is 2.92. The van der Waals surface area contributed by atoms with Gasteiger partial charge in [0.1, 0.15) is 11.9 Å². The Morgan fingerprint density at radius 3 is 3.18 bits per heavy atom. The van der Waals surface area contributed by atoms with Gasteiger partial charge in [0.2, 0.25) is 0 Å². The van der Waals surface area contributed by atoms with Crippen LogP contribution in [0.15, 0.2) is 30.7 Å². The number of imidazole rings is 1. The van der Waals surface area contributed by atoms with Gasteiger partial charge in [0.25, 0.3) is 0 Å². The van der Waals surface area contributed by atoms with Gasteiger partial charge in [-0.05, 0) is 24.1 Å². The molecule has 0 saturated heterocycles. The van der Waals surface area contributed by atoms with Crippen LogP contribution in [-0.2, 0) is 6.54 Å². The van der Waals surface area contributed by atoms with Crippen LogP contribution in [0.25, 0.3) is 0 Å². The molecule has 3 rings (SSSR count). The van der Waals surface area contributed by atoms with Crippen molar-refractivity contribution in [3.05, 3.63) is 53.4 Å². The maximum absolute atomic E-state index is 13.3. The topological polar surface area (TPSA) is 41.6 Å². The van der Waals surface area contributed by atoms with Gasteiger partial charge >= 0.3 is 0 Å². The normalized spacial score (nSPS) is 17.8.